The number of aryl methyl sites for hydroxylation is 1. The van der Waals surface area contributed by atoms with E-state index in [-0.39, 0.29) is 0 Å². The van der Waals surface area contributed by atoms with E-state index in [1.807, 2.05) is 18.4 Å². The van der Waals surface area contributed by atoms with E-state index in [2.05, 4.69) is 15.5 Å². The van der Waals surface area contributed by atoms with Gasteiger partial charge in [0.1, 0.15) is 6.33 Å². The van der Waals surface area contributed by atoms with Crippen molar-refractivity contribution in [2.75, 3.05) is 0 Å². The Labute approximate surface area is 67.5 Å². The van der Waals surface area contributed by atoms with Gasteiger partial charge in [-0.1, -0.05) is 0 Å². The van der Waals surface area contributed by atoms with E-state index in [9.17, 15) is 0 Å². The summed E-state index contributed by atoms with van der Waals surface area (Å²) >= 11 is 1.69. The summed E-state index contributed by atoms with van der Waals surface area (Å²) in [5.41, 5.74) is 1.06. The van der Waals surface area contributed by atoms with Crippen molar-refractivity contribution in [3.63, 3.8) is 0 Å². The van der Waals surface area contributed by atoms with Gasteiger partial charge in [0.25, 0.3) is 0 Å². The fraction of sp³-hybridized carbons (Fsp3) is 0.167. The molecule has 2 heterocycles. The van der Waals surface area contributed by atoms with Crippen LogP contribution in [0.4, 0.5) is 0 Å². The van der Waals surface area contributed by atoms with Crippen molar-refractivity contribution in [3.8, 4) is 5.69 Å². The number of rotatable bonds is 1. The van der Waals surface area contributed by atoms with Gasteiger partial charge in [0.05, 0.1) is 5.69 Å². The molecule has 5 heteroatoms. The molecule has 0 N–H and O–H groups in total. The standard InChI is InChI=1S/C6H6N4S/c1-5-6(2-3-11-5)10-4-7-8-9-10/h2-4H,1H3. The largest absolute Gasteiger partial charge is 0.199 e. The average Bonchev–Trinajstić information content (AvgIpc) is 2.55. The minimum absolute atomic E-state index is 1.06. The van der Waals surface area contributed by atoms with Crippen LogP contribution in [0.25, 0.3) is 5.69 Å². The topological polar surface area (TPSA) is 43.6 Å². The van der Waals surface area contributed by atoms with Crippen LogP contribution in [-0.2, 0) is 0 Å². The molecule has 0 saturated carbocycles. The minimum Gasteiger partial charge on any atom is -0.199 e. The molecule has 0 saturated heterocycles. The van der Waals surface area contributed by atoms with E-state index in [0.29, 0.717) is 0 Å². The first-order valence-electron chi connectivity index (χ1n) is 3.15. The maximum atomic E-state index is 3.78. The molecule has 0 aliphatic carbocycles. The number of tetrazole rings is 1. The Morgan fingerprint density at radius 2 is 2.45 bits per heavy atom. The van der Waals surface area contributed by atoms with Gasteiger partial charge in [-0.2, -0.15) is 4.68 Å². The van der Waals surface area contributed by atoms with Gasteiger partial charge in [0.15, 0.2) is 0 Å². The Kier molecular flexibility index (Phi) is 1.43. The van der Waals surface area contributed by atoms with E-state index in [4.69, 9.17) is 0 Å². The lowest BCUT2D eigenvalue weighted by Crippen LogP contribution is -1.93. The van der Waals surface area contributed by atoms with Gasteiger partial charge in [-0.3, -0.25) is 0 Å². The SMILES string of the molecule is Cc1sccc1-n1cnnn1. The van der Waals surface area contributed by atoms with Crippen LogP contribution in [0.3, 0.4) is 0 Å². The molecule has 56 valence electrons. The average molecular weight is 166 g/mol. The fourth-order valence-corrected chi connectivity index (χ4v) is 1.57. The van der Waals surface area contributed by atoms with Gasteiger partial charge in [-0.25, -0.2) is 0 Å². The van der Waals surface area contributed by atoms with Crippen LogP contribution in [0.2, 0.25) is 0 Å². The zero-order chi connectivity index (χ0) is 7.68. The lowest BCUT2D eigenvalue weighted by molar-refractivity contribution is 0.788. The number of aromatic nitrogens is 4. The smallest absolute Gasteiger partial charge is 0.143 e. The molecule has 11 heavy (non-hydrogen) atoms. The quantitative estimate of drug-likeness (QED) is 0.635. The highest BCUT2D eigenvalue weighted by molar-refractivity contribution is 7.10. The van der Waals surface area contributed by atoms with Gasteiger partial charge in [-0.05, 0) is 28.8 Å². The molecule has 0 aliphatic rings. The van der Waals surface area contributed by atoms with Gasteiger partial charge >= 0.3 is 0 Å². The van der Waals surface area contributed by atoms with E-state index in [1.54, 1.807) is 22.3 Å². The summed E-state index contributed by atoms with van der Waals surface area (Å²) < 4.78 is 1.66. The number of hydrogen-bond donors (Lipinski definition) is 0. The Hall–Kier alpha value is -1.23. The van der Waals surface area contributed by atoms with Crippen LogP contribution in [0.15, 0.2) is 17.8 Å². The van der Waals surface area contributed by atoms with Crippen LogP contribution < -0.4 is 0 Å². The van der Waals surface area contributed by atoms with Crippen molar-refractivity contribution < 1.29 is 0 Å². The summed E-state index contributed by atoms with van der Waals surface area (Å²) in [5, 5.41) is 12.9. The summed E-state index contributed by atoms with van der Waals surface area (Å²) in [6.45, 7) is 2.04. The van der Waals surface area contributed by atoms with Crippen LogP contribution in [0.1, 0.15) is 4.88 Å². The second-order valence-corrected chi connectivity index (χ2v) is 3.24. The van der Waals surface area contributed by atoms with Crippen LogP contribution in [0.5, 0.6) is 0 Å². The number of thiophene rings is 1. The summed E-state index contributed by atoms with van der Waals surface area (Å²) in [6, 6.07) is 2.00. The first-order chi connectivity index (χ1) is 5.38. The van der Waals surface area contributed by atoms with Crippen molar-refractivity contribution >= 4 is 11.3 Å². The summed E-state index contributed by atoms with van der Waals surface area (Å²) in [5.74, 6) is 0. The molecule has 0 atom stereocenters. The predicted molar refractivity (Wildman–Crippen MR) is 41.8 cm³/mol. The molecule has 0 fully saturated rings. The minimum atomic E-state index is 1.06. The summed E-state index contributed by atoms with van der Waals surface area (Å²) in [6.07, 6.45) is 1.59. The van der Waals surface area contributed by atoms with Crippen molar-refractivity contribution in [1.29, 1.82) is 0 Å². The first kappa shape index (κ1) is 6.48. The van der Waals surface area contributed by atoms with E-state index < -0.39 is 0 Å². The molecule has 0 unspecified atom stereocenters. The fourth-order valence-electron chi connectivity index (χ4n) is 0.888. The predicted octanol–water partition coefficient (Wildman–Crippen LogP) is 1.03. The molecular weight excluding hydrogens is 160 g/mol. The van der Waals surface area contributed by atoms with Gasteiger partial charge in [-0.15, -0.1) is 16.4 Å². The van der Waals surface area contributed by atoms with Gasteiger partial charge in [0, 0.05) is 4.88 Å². The Morgan fingerprint density at radius 3 is 3.00 bits per heavy atom. The second-order valence-electron chi connectivity index (χ2n) is 2.12. The van der Waals surface area contributed by atoms with Crippen molar-refractivity contribution in [2.45, 2.75) is 6.92 Å². The third kappa shape index (κ3) is 1.03. The normalized spacial score (nSPS) is 10.3. The lowest BCUT2D eigenvalue weighted by Gasteiger charge is -1.93. The van der Waals surface area contributed by atoms with E-state index in [1.165, 1.54) is 4.88 Å². The molecule has 2 aromatic heterocycles. The van der Waals surface area contributed by atoms with Crippen LogP contribution in [0, 0.1) is 6.92 Å². The lowest BCUT2D eigenvalue weighted by atomic mass is 10.4. The zero-order valence-electron chi connectivity index (χ0n) is 5.93. The third-order valence-corrected chi connectivity index (χ3v) is 2.26. The molecule has 0 radical (unpaired) electrons. The third-order valence-electron chi connectivity index (χ3n) is 1.43. The summed E-state index contributed by atoms with van der Waals surface area (Å²) in [7, 11) is 0. The molecular formula is C6H6N4S. The monoisotopic (exact) mass is 166 g/mol. The molecule has 0 amide bonds. The van der Waals surface area contributed by atoms with Crippen LogP contribution in [-0.4, -0.2) is 20.2 Å². The Balaban J connectivity index is 2.53. The van der Waals surface area contributed by atoms with Crippen molar-refractivity contribution in [1.82, 2.24) is 20.2 Å². The molecule has 4 nitrogen and oxygen atoms in total. The van der Waals surface area contributed by atoms with Crippen molar-refractivity contribution in [2.24, 2.45) is 0 Å². The Morgan fingerprint density at radius 1 is 1.55 bits per heavy atom. The highest BCUT2D eigenvalue weighted by atomic mass is 32.1. The zero-order valence-corrected chi connectivity index (χ0v) is 6.75. The van der Waals surface area contributed by atoms with Gasteiger partial charge in [0.2, 0.25) is 0 Å². The molecule has 0 aromatic carbocycles. The maximum absolute atomic E-state index is 3.78. The molecule has 0 bridgehead atoms. The molecule has 0 spiro atoms. The first-order valence-corrected chi connectivity index (χ1v) is 4.03. The highest BCUT2D eigenvalue weighted by Gasteiger charge is 2.01. The van der Waals surface area contributed by atoms with Crippen molar-refractivity contribution in [3.05, 3.63) is 22.7 Å². The second kappa shape index (κ2) is 2.43. The van der Waals surface area contributed by atoms with Crippen LogP contribution >= 0.6 is 11.3 Å². The van der Waals surface area contributed by atoms with Gasteiger partial charge < -0.3 is 0 Å². The highest BCUT2D eigenvalue weighted by Crippen LogP contribution is 2.17. The molecule has 2 aromatic rings. The summed E-state index contributed by atoms with van der Waals surface area (Å²) in [4.78, 5) is 1.22. The maximum Gasteiger partial charge on any atom is 0.143 e. The molecule has 2 rings (SSSR count). The van der Waals surface area contributed by atoms with E-state index in [0.717, 1.165) is 5.69 Å². The Bertz CT molecular complexity index is 337. The molecule has 0 aliphatic heterocycles. The number of nitrogens with zero attached hydrogens (tertiary/aromatic N) is 4. The van der Waals surface area contributed by atoms with E-state index >= 15 is 0 Å². The number of hydrogen-bond acceptors (Lipinski definition) is 4.